The lowest BCUT2D eigenvalue weighted by Crippen LogP contribution is -2.47. The lowest BCUT2D eigenvalue weighted by atomic mass is 10.2. The van der Waals surface area contributed by atoms with E-state index in [0.717, 1.165) is 31.9 Å². The maximum atomic E-state index is 12.5. The predicted molar refractivity (Wildman–Crippen MR) is 95.5 cm³/mol. The zero-order chi connectivity index (χ0) is 17.0. The summed E-state index contributed by atoms with van der Waals surface area (Å²) in [7, 11) is 2.05. The highest BCUT2D eigenvalue weighted by Crippen LogP contribution is 2.09. The van der Waals surface area contributed by atoms with Gasteiger partial charge >= 0.3 is 0 Å². The lowest BCUT2D eigenvalue weighted by Gasteiger charge is -2.31. The van der Waals surface area contributed by atoms with E-state index < -0.39 is 0 Å². The minimum Gasteiger partial charge on any atom is -0.354 e. The minimum atomic E-state index is -0.0801. The first-order valence-corrected chi connectivity index (χ1v) is 8.15. The molecule has 1 aliphatic rings. The van der Waals surface area contributed by atoms with Crippen LogP contribution in [0.4, 0.5) is 0 Å². The van der Waals surface area contributed by atoms with Crippen LogP contribution in [0.15, 0.2) is 6.07 Å². The van der Waals surface area contributed by atoms with Crippen molar-refractivity contribution in [1.82, 2.24) is 24.9 Å². The first kappa shape index (κ1) is 20.4. The third kappa shape index (κ3) is 5.49. The van der Waals surface area contributed by atoms with Gasteiger partial charge in [-0.15, -0.1) is 12.4 Å². The van der Waals surface area contributed by atoms with E-state index in [9.17, 15) is 9.59 Å². The second kappa shape index (κ2) is 9.03. The van der Waals surface area contributed by atoms with Crippen molar-refractivity contribution in [3.63, 3.8) is 0 Å². The molecule has 0 unspecified atom stereocenters. The van der Waals surface area contributed by atoms with Crippen molar-refractivity contribution in [3.05, 3.63) is 17.5 Å². The van der Waals surface area contributed by atoms with Crippen molar-refractivity contribution < 1.29 is 9.59 Å². The third-order valence-corrected chi connectivity index (χ3v) is 3.99. The standard InChI is InChI=1S/C16H27N5O2.ClH/c1-12(2)10-17-15(22)11-21-13(3)9-14(18-21)16(23)20-7-5-19(4)6-8-20;/h9,12H,5-8,10-11H2,1-4H3,(H,17,22);1H. The maximum absolute atomic E-state index is 12.5. The van der Waals surface area contributed by atoms with E-state index in [2.05, 4.69) is 22.4 Å². The molecule has 8 heteroatoms. The van der Waals surface area contributed by atoms with Crippen LogP contribution in [0.2, 0.25) is 0 Å². The molecule has 1 aliphatic heterocycles. The number of nitrogens with one attached hydrogen (secondary N) is 1. The molecule has 1 N–H and O–H groups in total. The normalized spacial score (nSPS) is 15.3. The highest BCUT2D eigenvalue weighted by molar-refractivity contribution is 5.92. The molecule has 0 aromatic carbocycles. The summed E-state index contributed by atoms with van der Waals surface area (Å²) in [6.07, 6.45) is 0. The number of carbonyl (C=O) groups is 2. The SMILES string of the molecule is Cc1cc(C(=O)N2CCN(C)CC2)nn1CC(=O)NCC(C)C.Cl. The molecule has 1 fully saturated rings. The second-order valence-electron chi connectivity index (χ2n) is 6.62. The molecule has 1 aromatic rings. The average Bonchev–Trinajstić information content (AvgIpc) is 2.86. The Balaban J connectivity index is 0.00000288. The number of aryl methyl sites for hydroxylation is 1. The molecule has 0 saturated carbocycles. The Morgan fingerprint density at radius 3 is 2.46 bits per heavy atom. The number of amides is 2. The maximum Gasteiger partial charge on any atom is 0.274 e. The van der Waals surface area contributed by atoms with Crippen LogP contribution in [0.1, 0.15) is 30.0 Å². The first-order chi connectivity index (χ1) is 10.9. The summed E-state index contributed by atoms with van der Waals surface area (Å²) in [4.78, 5) is 28.4. The fourth-order valence-electron chi connectivity index (χ4n) is 2.46. The van der Waals surface area contributed by atoms with Gasteiger partial charge in [-0.3, -0.25) is 14.3 Å². The summed E-state index contributed by atoms with van der Waals surface area (Å²) >= 11 is 0. The van der Waals surface area contributed by atoms with Gasteiger partial charge in [0.2, 0.25) is 5.91 Å². The van der Waals surface area contributed by atoms with Crippen molar-refractivity contribution in [1.29, 1.82) is 0 Å². The molecule has 2 amide bonds. The molecule has 7 nitrogen and oxygen atoms in total. The summed E-state index contributed by atoms with van der Waals surface area (Å²) in [6.45, 7) is 9.95. The topological polar surface area (TPSA) is 70.5 Å². The van der Waals surface area contributed by atoms with Crippen LogP contribution in [0.25, 0.3) is 0 Å². The molecule has 24 heavy (non-hydrogen) atoms. The van der Waals surface area contributed by atoms with Gasteiger partial charge in [0.05, 0.1) is 0 Å². The zero-order valence-electron chi connectivity index (χ0n) is 14.9. The molecule has 0 atom stereocenters. The van der Waals surface area contributed by atoms with Crippen LogP contribution in [-0.4, -0.2) is 71.2 Å². The Morgan fingerprint density at radius 2 is 1.88 bits per heavy atom. The molecule has 136 valence electrons. The highest BCUT2D eigenvalue weighted by Gasteiger charge is 2.23. The number of rotatable bonds is 5. The van der Waals surface area contributed by atoms with Gasteiger partial charge in [0.15, 0.2) is 5.69 Å². The Labute approximate surface area is 149 Å². The van der Waals surface area contributed by atoms with Gasteiger partial charge in [-0.1, -0.05) is 13.8 Å². The van der Waals surface area contributed by atoms with Crippen molar-refractivity contribution in [3.8, 4) is 0 Å². The Hall–Kier alpha value is -1.60. The van der Waals surface area contributed by atoms with Gasteiger partial charge in [-0.2, -0.15) is 5.10 Å². The Kier molecular flexibility index (Phi) is 7.69. The molecule has 1 saturated heterocycles. The largest absolute Gasteiger partial charge is 0.354 e. The van der Waals surface area contributed by atoms with E-state index in [1.54, 1.807) is 10.7 Å². The quantitative estimate of drug-likeness (QED) is 0.845. The highest BCUT2D eigenvalue weighted by atomic mass is 35.5. The fourth-order valence-corrected chi connectivity index (χ4v) is 2.46. The van der Waals surface area contributed by atoms with Gasteiger partial charge in [0.25, 0.3) is 5.91 Å². The van der Waals surface area contributed by atoms with Crippen molar-refractivity contribution in [2.45, 2.75) is 27.3 Å². The number of nitrogens with zero attached hydrogens (tertiary/aromatic N) is 4. The molecule has 2 rings (SSSR count). The molecule has 0 spiro atoms. The van der Waals surface area contributed by atoms with Crippen molar-refractivity contribution in [2.24, 2.45) is 5.92 Å². The van der Waals surface area contributed by atoms with Crippen molar-refractivity contribution in [2.75, 3.05) is 39.8 Å². The number of likely N-dealkylation sites (N-methyl/N-ethyl adjacent to an activating group) is 1. The van der Waals surface area contributed by atoms with E-state index in [4.69, 9.17) is 0 Å². The monoisotopic (exact) mass is 357 g/mol. The number of hydrogen-bond acceptors (Lipinski definition) is 4. The van der Waals surface area contributed by atoms with Crippen LogP contribution in [-0.2, 0) is 11.3 Å². The molecule has 2 heterocycles. The number of aromatic nitrogens is 2. The number of piperazine rings is 1. The Morgan fingerprint density at radius 1 is 1.25 bits per heavy atom. The van der Waals surface area contributed by atoms with Crippen LogP contribution < -0.4 is 5.32 Å². The number of halogens is 1. The summed E-state index contributed by atoms with van der Waals surface area (Å²) in [5, 5.41) is 7.19. The summed E-state index contributed by atoms with van der Waals surface area (Å²) < 4.78 is 1.60. The summed E-state index contributed by atoms with van der Waals surface area (Å²) in [6, 6.07) is 1.76. The van der Waals surface area contributed by atoms with E-state index in [-0.39, 0.29) is 30.8 Å². The van der Waals surface area contributed by atoms with Gasteiger partial charge in [-0.05, 0) is 26.0 Å². The predicted octanol–water partition coefficient (Wildman–Crippen LogP) is 0.773. The van der Waals surface area contributed by atoms with Crippen LogP contribution in [0.5, 0.6) is 0 Å². The van der Waals surface area contributed by atoms with E-state index >= 15 is 0 Å². The van der Waals surface area contributed by atoms with E-state index in [0.29, 0.717) is 18.2 Å². The zero-order valence-corrected chi connectivity index (χ0v) is 15.7. The third-order valence-electron chi connectivity index (χ3n) is 3.99. The molecule has 0 radical (unpaired) electrons. The van der Waals surface area contributed by atoms with Crippen LogP contribution >= 0.6 is 12.4 Å². The molecular formula is C16H28ClN5O2. The summed E-state index contributed by atoms with van der Waals surface area (Å²) in [5.74, 6) is 0.276. The first-order valence-electron chi connectivity index (χ1n) is 8.15. The Bertz CT molecular complexity index is 565. The average molecular weight is 358 g/mol. The second-order valence-corrected chi connectivity index (χ2v) is 6.62. The molecular weight excluding hydrogens is 330 g/mol. The molecule has 0 bridgehead atoms. The fraction of sp³-hybridized carbons (Fsp3) is 0.688. The number of hydrogen-bond donors (Lipinski definition) is 1. The number of carbonyl (C=O) groups excluding carboxylic acids is 2. The van der Waals surface area contributed by atoms with Crippen LogP contribution in [0, 0.1) is 12.8 Å². The molecule has 0 aliphatic carbocycles. The smallest absolute Gasteiger partial charge is 0.274 e. The summed E-state index contributed by atoms with van der Waals surface area (Å²) in [5.41, 5.74) is 1.24. The van der Waals surface area contributed by atoms with Crippen LogP contribution in [0.3, 0.4) is 0 Å². The van der Waals surface area contributed by atoms with Gasteiger partial charge in [0.1, 0.15) is 6.54 Å². The lowest BCUT2D eigenvalue weighted by molar-refractivity contribution is -0.122. The van der Waals surface area contributed by atoms with Gasteiger partial charge in [0, 0.05) is 38.4 Å². The van der Waals surface area contributed by atoms with E-state index in [1.165, 1.54) is 0 Å². The van der Waals surface area contributed by atoms with Crippen molar-refractivity contribution >= 4 is 24.2 Å². The molecule has 1 aromatic heterocycles. The van der Waals surface area contributed by atoms with Gasteiger partial charge < -0.3 is 15.1 Å². The van der Waals surface area contributed by atoms with Gasteiger partial charge in [-0.25, -0.2) is 0 Å². The van der Waals surface area contributed by atoms with E-state index in [1.807, 2.05) is 25.7 Å². The minimum absolute atomic E-state index is 0.